The fraction of sp³-hybridized carbons (Fsp3) is 0.286. The number of nitrogens with one attached hydrogen (secondary N) is 1. The number of carboxylic acids is 1. The van der Waals surface area contributed by atoms with Crippen molar-refractivity contribution in [3.8, 4) is 0 Å². The maximum Gasteiger partial charge on any atom is 0.305 e. The third kappa shape index (κ3) is 2.72. The summed E-state index contributed by atoms with van der Waals surface area (Å²) in [5, 5.41) is 10.8. The lowest BCUT2D eigenvalue weighted by atomic mass is 9.83. The van der Waals surface area contributed by atoms with Crippen molar-refractivity contribution in [2.45, 2.75) is 31.8 Å². The maximum absolute atomic E-state index is 11.7. The number of aliphatic carboxylic acids is 1. The number of fused-ring (bicyclic) bond motifs is 3. The first-order valence-corrected chi connectivity index (χ1v) is 8.69. The van der Waals surface area contributed by atoms with Crippen molar-refractivity contribution < 1.29 is 9.90 Å². The highest BCUT2D eigenvalue weighted by atomic mass is 16.4. The predicted molar refractivity (Wildman–Crippen MR) is 98.5 cm³/mol. The number of carbonyl (C=O) groups is 1. The number of nitrogens with zero attached hydrogens (tertiary/aromatic N) is 1. The highest BCUT2D eigenvalue weighted by Crippen LogP contribution is 2.41. The van der Waals surface area contributed by atoms with Gasteiger partial charge in [0, 0.05) is 29.7 Å². The van der Waals surface area contributed by atoms with Crippen LogP contribution >= 0.6 is 0 Å². The van der Waals surface area contributed by atoms with E-state index in [0.29, 0.717) is 0 Å². The Morgan fingerprint density at radius 2 is 1.88 bits per heavy atom. The Hall–Kier alpha value is -2.59. The molecule has 1 aromatic heterocycles. The van der Waals surface area contributed by atoms with E-state index in [-0.39, 0.29) is 6.42 Å². The smallest absolute Gasteiger partial charge is 0.305 e. The van der Waals surface area contributed by atoms with Gasteiger partial charge in [-0.1, -0.05) is 48.5 Å². The van der Waals surface area contributed by atoms with Crippen LogP contribution in [0.1, 0.15) is 30.2 Å². The standard InChI is InChI=1S/C21H22N2O2/c1-21(13-19(24)25)20-17(16-9-5-6-10-18(16)22-20)11-12-23(21)14-15-7-3-2-4-8-15/h2-10,22H,11-14H2,1H3,(H,24,25). The van der Waals surface area contributed by atoms with Crippen LogP contribution in [0.2, 0.25) is 0 Å². The van der Waals surface area contributed by atoms with Crippen LogP contribution in [0.3, 0.4) is 0 Å². The van der Waals surface area contributed by atoms with Gasteiger partial charge < -0.3 is 10.1 Å². The van der Waals surface area contributed by atoms with Crippen LogP contribution in [0, 0.1) is 0 Å². The van der Waals surface area contributed by atoms with Crippen molar-refractivity contribution in [1.29, 1.82) is 0 Å². The fourth-order valence-corrected chi connectivity index (χ4v) is 4.12. The average molecular weight is 334 g/mol. The molecule has 0 spiro atoms. The molecule has 25 heavy (non-hydrogen) atoms. The van der Waals surface area contributed by atoms with Gasteiger partial charge in [-0.15, -0.1) is 0 Å². The minimum atomic E-state index is -0.771. The van der Waals surface area contributed by atoms with Crippen molar-refractivity contribution in [2.75, 3.05) is 6.54 Å². The number of benzene rings is 2. The first-order valence-electron chi connectivity index (χ1n) is 8.69. The molecule has 0 bridgehead atoms. The molecule has 0 saturated heterocycles. The molecular weight excluding hydrogens is 312 g/mol. The molecule has 4 rings (SSSR count). The second-order valence-electron chi connectivity index (χ2n) is 7.03. The van der Waals surface area contributed by atoms with E-state index in [1.165, 1.54) is 16.5 Å². The van der Waals surface area contributed by atoms with Gasteiger partial charge in [0.1, 0.15) is 0 Å². The summed E-state index contributed by atoms with van der Waals surface area (Å²) in [6, 6.07) is 18.5. The summed E-state index contributed by atoms with van der Waals surface area (Å²) < 4.78 is 0. The Labute approximate surface area is 147 Å². The van der Waals surface area contributed by atoms with Crippen LogP contribution in [-0.2, 0) is 23.3 Å². The fourth-order valence-electron chi connectivity index (χ4n) is 4.12. The second-order valence-corrected chi connectivity index (χ2v) is 7.03. The van der Waals surface area contributed by atoms with Gasteiger partial charge in [0.25, 0.3) is 0 Å². The summed E-state index contributed by atoms with van der Waals surface area (Å²) in [5.74, 6) is -0.771. The van der Waals surface area contributed by atoms with Crippen molar-refractivity contribution in [1.82, 2.24) is 9.88 Å². The van der Waals surface area contributed by atoms with E-state index >= 15 is 0 Å². The lowest BCUT2D eigenvalue weighted by molar-refractivity contribution is -0.141. The highest BCUT2D eigenvalue weighted by Gasteiger charge is 2.42. The number of aromatic nitrogens is 1. The zero-order valence-corrected chi connectivity index (χ0v) is 14.3. The first-order chi connectivity index (χ1) is 12.1. The maximum atomic E-state index is 11.7. The average Bonchev–Trinajstić information content (AvgIpc) is 2.98. The molecule has 2 N–H and O–H groups in total. The molecule has 0 aliphatic carbocycles. The van der Waals surface area contributed by atoms with Gasteiger partial charge in [0.15, 0.2) is 0 Å². The minimum absolute atomic E-state index is 0.0830. The van der Waals surface area contributed by atoms with Crippen LogP contribution in [0.25, 0.3) is 10.9 Å². The Morgan fingerprint density at radius 1 is 1.16 bits per heavy atom. The molecule has 0 amide bonds. The molecule has 1 aliphatic rings. The van der Waals surface area contributed by atoms with Crippen LogP contribution in [0.15, 0.2) is 54.6 Å². The summed E-state index contributed by atoms with van der Waals surface area (Å²) in [4.78, 5) is 17.5. The largest absolute Gasteiger partial charge is 0.481 e. The Morgan fingerprint density at radius 3 is 2.64 bits per heavy atom. The number of rotatable bonds is 4. The van der Waals surface area contributed by atoms with Gasteiger partial charge in [-0.25, -0.2) is 0 Å². The third-order valence-corrected chi connectivity index (χ3v) is 5.39. The van der Waals surface area contributed by atoms with Crippen molar-refractivity contribution in [3.63, 3.8) is 0 Å². The zero-order valence-electron chi connectivity index (χ0n) is 14.3. The predicted octanol–water partition coefficient (Wildman–Crippen LogP) is 3.92. The second kappa shape index (κ2) is 6.05. The molecule has 3 aromatic rings. The zero-order chi connectivity index (χ0) is 17.4. The summed E-state index contributed by atoms with van der Waals surface area (Å²) >= 11 is 0. The molecule has 2 heterocycles. The van der Waals surface area contributed by atoms with Gasteiger partial charge in [0.05, 0.1) is 12.0 Å². The van der Waals surface area contributed by atoms with Gasteiger partial charge in [0.2, 0.25) is 0 Å². The lowest BCUT2D eigenvalue weighted by Crippen LogP contribution is -2.49. The van der Waals surface area contributed by atoms with E-state index in [1.807, 2.05) is 30.3 Å². The van der Waals surface area contributed by atoms with E-state index in [1.54, 1.807) is 0 Å². The molecule has 1 atom stereocenters. The van der Waals surface area contributed by atoms with Crippen LogP contribution < -0.4 is 0 Å². The molecule has 0 saturated carbocycles. The van der Waals surface area contributed by atoms with Gasteiger partial charge in [-0.2, -0.15) is 0 Å². The number of para-hydroxylation sites is 1. The van der Waals surface area contributed by atoms with Gasteiger partial charge >= 0.3 is 5.97 Å². The van der Waals surface area contributed by atoms with Crippen molar-refractivity contribution in [2.24, 2.45) is 0 Å². The Balaban J connectivity index is 1.80. The monoisotopic (exact) mass is 334 g/mol. The van der Waals surface area contributed by atoms with Gasteiger partial charge in [-0.3, -0.25) is 9.69 Å². The van der Waals surface area contributed by atoms with Crippen molar-refractivity contribution >= 4 is 16.9 Å². The van der Waals surface area contributed by atoms with Crippen LogP contribution in [0.4, 0.5) is 0 Å². The highest BCUT2D eigenvalue weighted by molar-refractivity contribution is 5.85. The SMILES string of the molecule is CC1(CC(=O)O)c2[nH]c3ccccc3c2CCN1Cc1ccccc1. The molecule has 1 unspecified atom stereocenters. The molecule has 2 aromatic carbocycles. The topological polar surface area (TPSA) is 56.3 Å². The minimum Gasteiger partial charge on any atom is -0.481 e. The lowest BCUT2D eigenvalue weighted by Gasteiger charge is -2.44. The number of aromatic amines is 1. The quantitative estimate of drug-likeness (QED) is 0.760. The molecular formula is C21H22N2O2. The number of hydrogen-bond acceptors (Lipinski definition) is 2. The summed E-state index contributed by atoms with van der Waals surface area (Å²) in [5.41, 5.74) is 4.07. The molecule has 4 heteroatoms. The third-order valence-electron chi connectivity index (χ3n) is 5.39. The van der Waals surface area contributed by atoms with E-state index in [9.17, 15) is 9.90 Å². The number of H-pyrrole nitrogens is 1. The normalized spacial score (nSPS) is 20.5. The van der Waals surface area contributed by atoms with Crippen LogP contribution in [-0.4, -0.2) is 27.5 Å². The Bertz CT molecular complexity index is 916. The van der Waals surface area contributed by atoms with Crippen molar-refractivity contribution in [3.05, 3.63) is 71.4 Å². The van der Waals surface area contributed by atoms with E-state index < -0.39 is 11.5 Å². The number of carboxylic acid groups (broad SMARTS) is 1. The summed E-state index contributed by atoms with van der Waals surface area (Å²) in [6.07, 6.45) is 1.01. The van der Waals surface area contributed by atoms with Crippen LogP contribution in [0.5, 0.6) is 0 Å². The summed E-state index contributed by atoms with van der Waals surface area (Å²) in [7, 11) is 0. The molecule has 128 valence electrons. The molecule has 0 radical (unpaired) electrons. The number of hydrogen-bond donors (Lipinski definition) is 2. The molecule has 1 aliphatic heterocycles. The summed E-state index contributed by atoms with van der Waals surface area (Å²) in [6.45, 7) is 3.66. The molecule has 4 nitrogen and oxygen atoms in total. The van der Waals surface area contributed by atoms with E-state index in [4.69, 9.17) is 0 Å². The Kier molecular flexibility index (Phi) is 3.85. The van der Waals surface area contributed by atoms with E-state index in [2.05, 4.69) is 41.1 Å². The molecule has 0 fully saturated rings. The van der Waals surface area contributed by atoms with Gasteiger partial charge in [-0.05, 0) is 30.5 Å². The first kappa shape index (κ1) is 15.9. The van der Waals surface area contributed by atoms with E-state index in [0.717, 1.165) is 30.7 Å².